The molecule has 0 aliphatic carbocycles. The molecule has 116 valence electrons. The predicted octanol–water partition coefficient (Wildman–Crippen LogP) is 3.36. The largest absolute Gasteiger partial charge is 0.312 e. The van der Waals surface area contributed by atoms with E-state index in [9.17, 15) is 8.42 Å². The molecule has 0 bridgehead atoms. The lowest BCUT2D eigenvalue weighted by atomic mass is 10.3. The number of hydrogen-bond donors (Lipinski definition) is 2. The van der Waals surface area contributed by atoms with Crippen LogP contribution in [0.4, 0.5) is 0 Å². The molecule has 2 aromatic rings. The van der Waals surface area contributed by atoms with Gasteiger partial charge in [-0.2, -0.15) is 0 Å². The molecule has 0 aliphatic rings. The van der Waals surface area contributed by atoms with Gasteiger partial charge in [0.2, 0.25) is 10.0 Å². The summed E-state index contributed by atoms with van der Waals surface area (Å²) < 4.78 is 28.3. The van der Waals surface area contributed by atoms with Crippen molar-refractivity contribution in [1.82, 2.24) is 10.0 Å². The topological polar surface area (TPSA) is 58.2 Å². The second-order valence-corrected chi connectivity index (χ2v) is 8.95. The highest BCUT2D eigenvalue weighted by molar-refractivity contribution is 7.89. The van der Waals surface area contributed by atoms with E-state index < -0.39 is 10.0 Å². The first-order chi connectivity index (χ1) is 9.94. The van der Waals surface area contributed by atoms with Gasteiger partial charge in [0.1, 0.15) is 4.90 Å². The number of nitrogens with one attached hydrogen (secondary N) is 2. The van der Waals surface area contributed by atoms with Gasteiger partial charge in [-0.05, 0) is 36.5 Å². The Kier molecular flexibility index (Phi) is 5.81. The molecule has 0 fully saturated rings. The first kappa shape index (κ1) is 16.9. The van der Waals surface area contributed by atoms with Crippen molar-refractivity contribution in [2.24, 2.45) is 0 Å². The van der Waals surface area contributed by atoms with Gasteiger partial charge in [-0.3, -0.25) is 0 Å². The zero-order valence-corrected chi connectivity index (χ0v) is 15.0. The second-order valence-electron chi connectivity index (χ2n) is 4.48. The van der Waals surface area contributed by atoms with E-state index in [0.29, 0.717) is 15.8 Å². The van der Waals surface area contributed by atoms with E-state index in [4.69, 9.17) is 11.6 Å². The van der Waals surface area contributed by atoms with Crippen molar-refractivity contribution in [2.75, 3.05) is 6.54 Å². The molecular formula is C13H17ClN2O2S3. The van der Waals surface area contributed by atoms with Crippen molar-refractivity contribution < 1.29 is 8.42 Å². The highest BCUT2D eigenvalue weighted by atomic mass is 35.5. The summed E-state index contributed by atoms with van der Waals surface area (Å²) in [7, 11) is -3.51. The van der Waals surface area contributed by atoms with E-state index in [-0.39, 0.29) is 6.54 Å². The summed E-state index contributed by atoms with van der Waals surface area (Å²) in [5, 5.41) is 5.05. The molecule has 8 heteroatoms. The molecule has 21 heavy (non-hydrogen) atoms. The number of halogens is 1. The summed E-state index contributed by atoms with van der Waals surface area (Å²) in [6.07, 6.45) is 0. The van der Waals surface area contributed by atoms with Gasteiger partial charge in [-0.25, -0.2) is 13.1 Å². The average molecular weight is 365 g/mol. The van der Waals surface area contributed by atoms with Crippen molar-refractivity contribution in [3.63, 3.8) is 0 Å². The van der Waals surface area contributed by atoms with Crippen LogP contribution in [0.1, 0.15) is 22.2 Å². The van der Waals surface area contributed by atoms with Crippen LogP contribution in [-0.2, 0) is 23.1 Å². The maximum atomic E-state index is 12.5. The van der Waals surface area contributed by atoms with E-state index in [1.54, 1.807) is 6.07 Å². The van der Waals surface area contributed by atoms with Crippen molar-refractivity contribution in [3.05, 3.63) is 37.2 Å². The molecule has 0 aromatic carbocycles. The van der Waals surface area contributed by atoms with Crippen LogP contribution in [-0.4, -0.2) is 15.0 Å². The van der Waals surface area contributed by atoms with E-state index in [0.717, 1.165) is 21.9 Å². The summed E-state index contributed by atoms with van der Waals surface area (Å²) in [4.78, 5) is 2.13. The molecule has 0 radical (unpaired) electrons. The van der Waals surface area contributed by atoms with Crippen molar-refractivity contribution in [2.45, 2.75) is 31.8 Å². The third kappa shape index (κ3) is 4.28. The predicted molar refractivity (Wildman–Crippen MR) is 89.8 cm³/mol. The zero-order chi connectivity index (χ0) is 15.5. The minimum atomic E-state index is -3.51. The quantitative estimate of drug-likeness (QED) is 0.792. The average Bonchev–Trinajstić information content (AvgIpc) is 3.00. The van der Waals surface area contributed by atoms with E-state index in [1.807, 2.05) is 25.3 Å². The fourth-order valence-electron chi connectivity index (χ4n) is 1.89. The number of sulfonamides is 1. The molecule has 2 heterocycles. The fraction of sp³-hybridized carbons (Fsp3) is 0.385. The Bertz CT molecular complexity index is 707. The van der Waals surface area contributed by atoms with Crippen molar-refractivity contribution in [1.29, 1.82) is 0 Å². The van der Waals surface area contributed by atoms with Crippen LogP contribution in [0.3, 0.4) is 0 Å². The molecule has 2 N–H and O–H groups in total. The number of thiophene rings is 2. The van der Waals surface area contributed by atoms with Crippen molar-refractivity contribution in [3.8, 4) is 0 Å². The second kappa shape index (κ2) is 7.21. The summed E-state index contributed by atoms with van der Waals surface area (Å²) in [5.74, 6) is 0. The van der Waals surface area contributed by atoms with Crippen LogP contribution in [0.25, 0.3) is 0 Å². The summed E-state index contributed by atoms with van der Waals surface area (Å²) in [6.45, 7) is 5.44. The van der Waals surface area contributed by atoms with Crippen LogP contribution < -0.4 is 10.0 Å². The molecule has 0 saturated carbocycles. The third-order valence-corrected chi connectivity index (χ3v) is 6.95. The Balaban J connectivity index is 2.17. The number of hydrogen-bond acceptors (Lipinski definition) is 5. The van der Waals surface area contributed by atoms with Gasteiger partial charge in [0.05, 0.1) is 4.34 Å². The number of aryl methyl sites for hydroxylation is 1. The zero-order valence-electron chi connectivity index (χ0n) is 11.8. The molecule has 0 aliphatic heterocycles. The molecule has 0 amide bonds. The third-order valence-electron chi connectivity index (χ3n) is 2.86. The Morgan fingerprint density at radius 1 is 1.29 bits per heavy atom. The van der Waals surface area contributed by atoms with Gasteiger partial charge in [-0.15, -0.1) is 22.7 Å². The minimum absolute atomic E-state index is 0.260. The van der Waals surface area contributed by atoms with Gasteiger partial charge in [0.15, 0.2) is 0 Å². The highest BCUT2D eigenvalue weighted by Crippen LogP contribution is 2.27. The maximum absolute atomic E-state index is 12.5. The lowest BCUT2D eigenvalue weighted by Gasteiger charge is -2.09. The first-order valence-corrected chi connectivity index (χ1v) is 10.0. The molecule has 0 atom stereocenters. The highest BCUT2D eigenvalue weighted by Gasteiger charge is 2.22. The van der Waals surface area contributed by atoms with E-state index >= 15 is 0 Å². The Hall–Kier alpha value is -0.440. The Labute approximate surface area is 138 Å². The lowest BCUT2D eigenvalue weighted by Crippen LogP contribution is -2.25. The fourth-order valence-corrected chi connectivity index (χ4v) is 5.80. The molecular weight excluding hydrogens is 348 g/mol. The van der Waals surface area contributed by atoms with Gasteiger partial charge in [0, 0.05) is 22.8 Å². The smallest absolute Gasteiger partial charge is 0.242 e. The van der Waals surface area contributed by atoms with Gasteiger partial charge < -0.3 is 5.32 Å². The molecule has 4 nitrogen and oxygen atoms in total. The maximum Gasteiger partial charge on any atom is 0.242 e. The van der Waals surface area contributed by atoms with Crippen LogP contribution in [0.2, 0.25) is 4.34 Å². The molecule has 0 spiro atoms. The number of rotatable bonds is 7. The standard InChI is InChI=1S/C13H17ClN2O2S3/c1-3-15-7-11-13(9(2)8-19-11)21(17,18)16-6-10-4-5-12(14)20-10/h4-5,8,15-16H,3,6-7H2,1-2H3. The lowest BCUT2D eigenvalue weighted by molar-refractivity contribution is 0.579. The molecule has 2 rings (SSSR count). The summed E-state index contributed by atoms with van der Waals surface area (Å²) in [5.41, 5.74) is 0.782. The molecule has 0 saturated heterocycles. The van der Waals surface area contributed by atoms with Crippen LogP contribution >= 0.6 is 34.3 Å². The van der Waals surface area contributed by atoms with Crippen LogP contribution in [0.15, 0.2) is 22.4 Å². The van der Waals surface area contributed by atoms with E-state index in [1.165, 1.54) is 22.7 Å². The summed E-state index contributed by atoms with van der Waals surface area (Å²) >= 11 is 8.70. The van der Waals surface area contributed by atoms with E-state index in [2.05, 4.69) is 10.0 Å². The van der Waals surface area contributed by atoms with Gasteiger partial charge >= 0.3 is 0 Å². The monoisotopic (exact) mass is 364 g/mol. The molecule has 2 aromatic heterocycles. The van der Waals surface area contributed by atoms with Crippen LogP contribution in [0.5, 0.6) is 0 Å². The minimum Gasteiger partial charge on any atom is -0.312 e. The van der Waals surface area contributed by atoms with Crippen LogP contribution in [0, 0.1) is 6.92 Å². The first-order valence-electron chi connectivity index (χ1n) is 6.45. The van der Waals surface area contributed by atoms with Crippen molar-refractivity contribution >= 4 is 44.3 Å². The summed E-state index contributed by atoms with van der Waals surface area (Å²) in [6, 6.07) is 3.60. The normalized spacial score (nSPS) is 12.0. The van der Waals surface area contributed by atoms with Gasteiger partial charge in [-0.1, -0.05) is 18.5 Å². The Morgan fingerprint density at radius 2 is 2.05 bits per heavy atom. The Morgan fingerprint density at radius 3 is 2.67 bits per heavy atom. The SMILES string of the molecule is CCNCc1scc(C)c1S(=O)(=O)NCc1ccc(Cl)s1. The van der Waals surface area contributed by atoms with Gasteiger partial charge in [0.25, 0.3) is 0 Å². The molecule has 0 unspecified atom stereocenters.